The number of nitrogens with one attached hydrogen (secondary N) is 1. The van der Waals surface area contributed by atoms with Gasteiger partial charge in [0.25, 0.3) is 5.91 Å². The Hall–Kier alpha value is -2.28. The molecule has 2 heterocycles. The van der Waals surface area contributed by atoms with Crippen molar-refractivity contribution >= 4 is 29.2 Å². The van der Waals surface area contributed by atoms with Crippen LogP contribution in [0.5, 0.6) is 0 Å². The van der Waals surface area contributed by atoms with Crippen molar-refractivity contribution in [2.75, 3.05) is 11.4 Å². The van der Waals surface area contributed by atoms with E-state index in [1.165, 1.54) is 11.8 Å². The van der Waals surface area contributed by atoms with Gasteiger partial charge in [-0.15, -0.1) is 0 Å². The van der Waals surface area contributed by atoms with Gasteiger partial charge in [-0.2, -0.15) is 8.75 Å². The van der Waals surface area contributed by atoms with Gasteiger partial charge in [-0.25, -0.2) is 0 Å². The van der Waals surface area contributed by atoms with Crippen molar-refractivity contribution in [3.63, 3.8) is 0 Å². The average molecular weight is 330 g/mol. The van der Waals surface area contributed by atoms with E-state index in [-0.39, 0.29) is 17.5 Å². The number of anilines is 1. The number of hydrogen-bond acceptors (Lipinski definition) is 5. The third-order valence-electron chi connectivity index (χ3n) is 4.01. The molecule has 7 heteroatoms. The molecule has 0 unspecified atom stereocenters. The van der Waals surface area contributed by atoms with Crippen molar-refractivity contribution < 1.29 is 9.59 Å². The molecule has 0 aliphatic carbocycles. The van der Waals surface area contributed by atoms with Gasteiger partial charge in [0.2, 0.25) is 5.91 Å². The van der Waals surface area contributed by atoms with Crippen LogP contribution in [-0.4, -0.2) is 33.1 Å². The monoisotopic (exact) mass is 330 g/mol. The first kappa shape index (κ1) is 15.6. The number of carbonyl (C=O) groups is 2. The Kier molecular flexibility index (Phi) is 4.12. The minimum atomic E-state index is -0.510. The van der Waals surface area contributed by atoms with E-state index in [9.17, 15) is 9.59 Å². The Labute approximate surface area is 138 Å². The Balaban J connectivity index is 1.78. The second kappa shape index (κ2) is 6.08. The Morgan fingerprint density at radius 1 is 1.30 bits per heavy atom. The van der Waals surface area contributed by atoms with E-state index in [0.717, 1.165) is 28.5 Å². The van der Waals surface area contributed by atoms with Crippen LogP contribution in [0, 0.1) is 20.8 Å². The number of hydrogen-bond donors (Lipinski definition) is 1. The SMILES string of the molecule is Cc1cc(C)c(N2CC[C@H](NC(=O)c3cnsn3)C2=O)c(C)c1. The number of aryl methyl sites for hydroxylation is 3. The fourth-order valence-electron chi connectivity index (χ4n) is 3.13. The molecule has 1 fully saturated rings. The summed E-state index contributed by atoms with van der Waals surface area (Å²) in [7, 11) is 0. The topological polar surface area (TPSA) is 75.2 Å². The zero-order valence-corrected chi connectivity index (χ0v) is 14.1. The van der Waals surface area contributed by atoms with Gasteiger partial charge in [0.05, 0.1) is 17.9 Å². The van der Waals surface area contributed by atoms with Crippen LogP contribution in [0.15, 0.2) is 18.3 Å². The zero-order valence-electron chi connectivity index (χ0n) is 13.3. The van der Waals surface area contributed by atoms with E-state index in [0.29, 0.717) is 13.0 Å². The van der Waals surface area contributed by atoms with Crippen LogP contribution in [0.3, 0.4) is 0 Å². The molecule has 3 rings (SSSR count). The number of carbonyl (C=O) groups excluding carboxylic acids is 2. The zero-order chi connectivity index (χ0) is 16.6. The minimum absolute atomic E-state index is 0.0726. The Bertz CT molecular complexity index is 734. The lowest BCUT2D eigenvalue weighted by Gasteiger charge is -2.22. The molecule has 2 aromatic rings. The van der Waals surface area contributed by atoms with E-state index in [1.54, 1.807) is 4.90 Å². The van der Waals surface area contributed by atoms with Crippen LogP contribution in [0.2, 0.25) is 0 Å². The largest absolute Gasteiger partial charge is 0.339 e. The maximum absolute atomic E-state index is 12.7. The number of amides is 2. The molecular weight excluding hydrogens is 312 g/mol. The van der Waals surface area contributed by atoms with Crippen LogP contribution in [0.1, 0.15) is 33.6 Å². The standard InChI is InChI=1S/C16H18N4O2S/c1-9-6-10(2)14(11(3)7-9)20-5-4-12(16(20)22)18-15(21)13-8-17-23-19-13/h6-8,12H,4-5H2,1-3H3,(H,18,21)/t12-/m0/s1. The normalized spacial score (nSPS) is 17.6. The third-order valence-corrected chi connectivity index (χ3v) is 4.49. The van der Waals surface area contributed by atoms with Gasteiger partial charge in [-0.1, -0.05) is 17.7 Å². The van der Waals surface area contributed by atoms with Crippen LogP contribution in [0.25, 0.3) is 0 Å². The third kappa shape index (κ3) is 2.96. The van der Waals surface area contributed by atoms with Gasteiger partial charge in [-0.3, -0.25) is 9.59 Å². The van der Waals surface area contributed by atoms with Gasteiger partial charge in [0.15, 0.2) is 5.69 Å². The molecule has 1 atom stereocenters. The van der Waals surface area contributed by atoms with Crippen molar-refractivity contribution in [1.82, 2.24) is 14.1 Å². The first-order chi connectivity index (χ1) is 11.0. The molecule has 1 aliphatic heterocycles. The Morgan fingerprint density at radius 2 is 2.00 bits per heavy atom. The van der Waals surface area contributed by atoms with Crippen molar-refractivity contribution in [3.05, 3.63) is 40.7 Å². The van der Waals surface area contributed by atoms with Crippen molar-refractivity contribution in [3.8, 4) is 0 Å². The molecule has 1 N–H and O–H groups in total. The summed E-state index contributed by atoms with van der Waals surface area (Å²) in [5.74, 6) is -0.423. The molecule has 6 nitrogen and oxygen atoms in total. The first-order valence-electron chi connectivity index (χ1n) is 7.45. The minimum Gasteiger partial charge on any atom is -0.339 e. The van der Waals surface area contributed by atoms with Crippen molar-refractivity contribution in [2.45, 2.75) is 33.2 Å². The molecular formula is C16H18N4O2S. The number of rotatable bonds is 3. The molecule has 1 aliphatic rings. The van der Waals surface area contributed by atoms with Gasteiger partial charge < -0.3 is 10.2 Å². The van der Waals surface area contributed by atoms with E-state index < -0.39 is 6.04 Å². The Morgan fingerprint density at radius 3 is 2.61 bits per heavy atom. The van der Waals surface area contributed by atoms with E-state index in [1.807, 2.05) is 20.8 Å². The predicted molar refractivity (Wildman–Crippen MR) is 88.8 cm³/mol. The lowest BCUT2D eigenvalue weighted by Crippen LogP contribution is -2.42. The maximum Gasteiger partial charge on any atom is 0.273 e. The van der Waals surface area contributed by atoms with E-state index in [2.05, 4.69) is 26.2 Å². The van der Waals surface area contributed by atoms with Gasteiger partial charge in [0, 0.05) is 12.2 Å². The molecule has 120 valence electrons. The lowest BCUT2D eigenvalue weighted by molar-refractivity contribution is -0.118. The van der Waals surface area contributed by atoms with Crippen molar-refractivity contribution in [2.24, 2.45) is 0 Å². The first-order valence-corrected chi connectivity index (χ1v) is 8.18. The summed E-state index contributed by atoms with van der Waals surface area (Å²) < 4.78 is 7.70. The summed E-state index contributed by atoms with van der Waals surface area (Å²) in [6, 6.07) is 3.63. The average Bonchev–Trinajstić information content (AvgIpc) is 3.11. The lowest BCUT2D eigenvalue weighted by atomic mass is 10.0. The number of benzene rings is 1. The number of nitrogens with zero attached hydrogens (tertiary/aromatic N) is 3. The van der Waals surface area contributed by atoms with Crippen LogP contribution < -0.4 is 10.2 Å². The van der Waals surface area contributed by atoms with Gasteiger partial charge >= 0.3 is 0 Å². The van der Waals surface area contributed by atoms with Gasteiger partial charge in [0.1, 0.15) is 6.04 Å². The summed E-state index contributed by atoms with van der Waals surface area (Å²) in [4.78, 5) is 26.5. The molecule has 1 aromatic heterocycles. The second-order valence-corrected chi connectivity index (χ2v) is 6.40. The van der Waals surface area contributed by atoms with E-state index in [4.69, 9.17) is 0 Å². The maximum atomic E-state index is 12.7. The summed E-state index contributed by atoms with van der Waals surface area (Å²) in [6.45, 7) is 6.66. The highest BCUT2D eigenvalue weighted by Crippen LogP contribution is 2.30. The molecule has 2 amide bonds. The molecule has 0 radical (unpaired) electrons. The van der Waals surface area contributed by atoms with Crippen molar-refractivity contribution in [1.29, 1.82) is 0 Å². The highest BCUT2D eigenvalue weighted by atomic mass is 32.1. The predicted octanol–water partition coefficient (Wildman–Crippen LogP) is 2.00. The van der Waals surface area contributed by atoms with Crippen LogP contribution >= 0.6 is 11.7 Å². The smallest absolute Gasteiger partial charge is 0.273 e. The van der Waals surface area contributed by atoms with Crippen LogP contribution in [0.4, 0.5) is 5.69 Å². The quantitative estimate of drug-likeness (QED) is 0.934. The second-order valence-electron chi connectivity index (χ2n) is 5.84. The summed E-state index contributed by atoms with van der Waals surface area (Å²) >= 11 is 0.973. The highest BCUT2D eigenvalue weighted by Gasteiger charge is 2.35. The molecule has 23 heavy (non-hydrogen) atoms. The molecule has 1 aromatic carbocycles. The fourth-order valence-corrected chi connectivity index (χ4v) is 3.54. The fraction of sp³-hybridized carbons (Fsp3) is 0.375. The summed E-state index contributed by atoms with van der Waals surface area (Å²) in [5.41, 5.74) is 4.53. The molecule has 0 bridgehead atoms. The summed E-state index contributed by atoms with van der Waals surface area (Å²) in [6.07, 6.45) is 2.00. The number of aromatic nitrogens is 2. The molecule has 0 spiro atoms. The van der Waals surface area contributed by atoms with Crippen LogP contribution in [-0.2, 0) is 4.79 Å². The summed E-state index contributed by atoms with van der Waals surface area (Å²) in [5, 5.41) is 2.76. The molecule has 1 saturated heterocycles. The van der Waals surface area contributed by atoms with E-state index >= 15 is 0 Å². The molecule has 0 saturated carbocycles. The highest BCUT2D eigenvalue weighted by molar-refractivity contribution is 6.99. The van der Waals surface area contributed by atoms with Gasteiger partial charge in [-0.05, 0) is 38.3 Å².